The van der Waals surface area contributed by atoms with Crippen molar-refractivity contribution in [1.29, 1.82) is 5.26 Å². The van der Waals surface area contributed by atoms with Gasteiger partial charge in [0.2, 0.25) is 0 Å². The Bertz CT molecular complexity index is 1300. The van der Waals surface area contributed by atoms with E-state index in [1.165, 1.54) is 55.1 Å². The molecular formula is C26H25N5O7. The summed E-state index contributed by atoms with van der Waals surface area (Å²) in [5.74, 6) is -1.12. The van der Waals surface area contributed by atoms with Crippen LogP contribution in [0.15, 0.2) is 61.2 Å². The molecule has 0 aromatic carbocycles. The van der Waals surface area contributed by atoms with Crippen LogP contribution in [-0.2, 0) is 14.2 Å². The highest BCUT2D eigenvalue weighted by Crippen LogP contribution is 2.08. The Labute approximate surface area is 219 Å². The average molecular weight is 520 g/mol. The van der Waals surface area contributed by atoms with Crippen LogP contribution >= 0.6 is 0 Å². The Balaban J connectivity index is 0.000000285. The molecule has 196 valence electrons. The van der Waals surface area contributed by atoms with Gasteiger partial charge in [0.15, 0.2) is 18.1 Å². The van der Waals surface area contributed by atoms with E-state index < -0.39 is 17.9 Å². The molecule has 3 aromatic rings. The minimum atomic E-state index is -0.507. The van der Waals surface area contributed by atoms with Gasteiger partial charge in [-0.3, -0.25) is 0 Å². The third-order valence-corrected chi connectivity index (χ3v) is 4.07. The molecule has 0 aliphatic heterocycles. The summed E-state index contributed by atoms with van der Waals surface area (Å²) in [6.45, 7) is 12.7. The molecule has 0 amide bonds. The van der Waals surface area contributed by atoms with Crippen LogP contribution < -0.4 is 4.73 Å². The molecule has 0 saturated heterocycles. The van der Waals surface area contributed by atoms with Gasteiger partial charge in [-0.1, -0.05) is 12.6 Å². The van der Waals surface area contributed by atoms with Gasteiger partial charge in [0.25, 0.3) is 5.82 Å². The summed E-state index contributed by atoms with van der Waals surface area (Å²) in [5, 5.41) is 19.3. The van der Waals surface area contributed by atoms with Crippen LogP contribution in [0, 0.1) is 23.1 Å². The van der Waals surface area contributed by atoms with Crippen molar-refractivity contribution in [3.8, 4) is 6.07 Å². The molecule has 12 nitrogen and oxygen atoms in total. The van der Waals surface area contributed by atoms with Gasteiger partial charge >= 0.3 is 17.9 Å². The van der Waals surface area contributed by atoms with E-state index in [0.717, 1.165) is 0 Å². The van der Waals surface area contributed by atoms with E-state index in [2.05, 4.69) is 14.8 Å². The fraction of sp³-hybridized carbons (Fsp3) is 0.231. The molecule has 0 radical (unpaired) electrons. The molecule has 38 heavy (non-hydrogen) atoms. The number of hydrogen-bond donors (Lipinski definition) is 0. The molecule has 0 atom stereocenters. The first-order chi connectivity index (χ1) is 18.3. The molecule has 0 aliphatic carbocycles. The Morgan fingerprint density at radius 2 is 1.58 bits per heavy atom. The zero-order chi connectivity index (χ0) is 28.3. The quantitative estimate of drug-likeness (QED) is 0.155. The summed E-state index contributed by atoms with van der Waals surface area (Å²) in [5.41, 5.74) is 0.955. The van der Waals surface area contributed by atoms with E-state index in [4.69, 9.17) is 26.0 Å². The van der Waals surface area contributed by atoms with Crippen molar-refractivity contribution >= 4 is 23.7 Å². The topological polar surface area (TPSA) is 160 Å². The van der Waals surface area contributed by atoms with E-state index in [1.807, 2.05) is 6.07 Å². The average Bonchev–Trinajstić information content (AvgIpc) is 2.94. The van der Waals surface area contributed by atoms with Crippen molar-refractivity contribution in [3.63, 3.8) is 0 Å². The van der Waals surface area contributed by atoms with Crippen molar-refractivity contribution in [1.82, 2.24) is 9.97 Å². The van der Waals surface area contributed by atoms with Crippen LogP contribution in [0.25, 0.3) is 4.85 Å². The maximum Gasteiger partial charge on any atom is 0.344 e. The lowest BCUT2D eigenvalue weighted by Gasteiger charge is -2.01. The standard InChI is InChI=1S/2C9H8N2O2.C8H9NO3/c1-3-13-9(12)7-4-5-8(10-2)11-6-7;1-2-13-9(12)7-4-3-5-11-8(7)6-10;1-2-12-8(10)7-4-3-5-9(11)6-7/h4-6H,3H2,1H3;3-5H,2H2,1H3;3-6H,2H2,1H3. The van der Waals surface area contributed by atoms with E-state index in [9.17, 15) is 19.6 Å². The highest BCUT2D eigenvalue weighted by molar-refractivity contribution is 5.91. The summed E-state index contributed by atoms with van der Waals surface area (Å²) in [6, 6.07) is 11.0. The largest absolute Gasteiger partial charge is 0.619 e. The number of rotatable bonds is 6. The number of carbonyl (C=O) groups is 3. The van der Waals surface area contributed by atoms with E-state index >= 15 is 0 Å². The zero-order valence-electron chi connectivity index (χ0n) is 21.0. The molecule has 0 unspecified atom stereocenters. The Hall–Kier alpha value is -5.36. The number of carbonyl (C=O) groups excluding carboxylic acids is 3. The normalized spacial score (nSPS) is 9.08. The van der Waals surface area contributed by atoms with Gasteiger partial charge < -0.3 is 24.3 Å². The molecule has 3 rings (SSSR count). The fourth-order valence-corrected chi connectivity index (χ4v) is 2.45. The SMILES string of the molecule is CCOC(=O)c1ccc[n+]([O-])c1.CCOC(=O)c1cccnc1C#N.[C-]#[N+]c1ccc(C(=O)OCC)cn1. The van der Waals surface area contributed by atoms with Crippen LogP contribution in [0.4, 0.5) is 5.82 Å². The second kappa shape index (κ2) is 17.1. The van der Waals surface area contributed by atoms with Gasteiger partial charge in [0.1, 0.15) is 23.4 Å². The van der Waals surface area contributed by atoms with Gasteiger partial charge in [-0.25, -0.2) is 19.4 Å². The Morgan fingerprint density at radius 1 is 0.947 bits per heavy atom. The summed E-state index contributed by atoms with van der Waals surface area (Å²) < 4.78 is 14.7. The number of aromatic nitrogens is 3. The first kappa shape index (κ1) is 30.7. The summed E-state index contributed by atoms with van der Waals surface area (Å²) >= 11 is 0. The number of hydrogen-bond acceptors (Lipinski definition) is 10. The predicted molar refractivity (Wildman–Crippen MR) is 133 cm³/mol. The summed E-state index contributed by atoms with van der Waals surface area (Å²) in [7, 11) is 0. The van der Waals surface area contributed by atoms with Crippen molar-refractivity contribution in [3.05, 3.63) is 100 Å². The number of esters is 3. The fourth-order valence-electron chi connectivity index (χ4n) is 2.45. The molecule has 12 heteroatoms. The minimum absolute atomic E-state index is 0.0981. The molecule has 3 heterocycles. The first-order valence-corrected chi connectivity index (χ1v) is 11.2. The third-order valence-electron chi connectivity index (χ3n) is 4.07. The Morgan fingerprint density at radius 3 is 2.11 bits per heavy atom. The van der Waals surface area contributed by atoms with E-state index in [1.54, 1.807) is 26.8 Å². The van der Waals surface area contributed by atoms with Crippen LogP contribution in [0.5, 0.6) is 0 Å². The molecule has 0 fully saturated rings. The van der Waals surface area contributed by atoms with Crippen LogP contribution in [-0.4, -0.2) is 47.7 Å². The Kier molecular flexibility index (Phi) is 13.8. The van der Waals surface area contributed by atoms with Crippen molar-refractivity contribution in [2.24, 2.45) is 0 Å². The summed E-state index contributed by atoms with van der Waals surface area (Å²) in [6.07, 6.45) is 5.29. The third kappa shape index (κ3) is 10.5. The van der Waals surface area contributed by atoms with E-state index in [0.29, 0.717) is 30.1 Å². The number of pyridine rings is 3. The van der Waals surface area contributed by atoms with Crippen LogP contribution in [0.3, 0.4) is 0 Å². The van der Waals surface area contributed by atoms with Gasteiger partial charge in [0.05, 0.1) is 25.4 Å². The molecule has 0 N–H and O–H groups in total. The highest BCUT2D eigenvalue weighted by atomic mass is 16.5. The minimum Gasteiger partial charge on any atom is -0.619 e. The molecule has 0 spiro atoms. The predicted octanol–water partition coefficient (Wildman–Crippen LogP) is 3.44. The van der Waals surface area contributed by atoms with Crippen LogP contribution in [0.1, 0.15) is 57.5 Å². The van der Waals surface area contributed by atoms with Crippen LogP contribution in [0.2, 0.25) is 0 Å². The maximum atomic E-state index is 11.2. The maximum absolute atomic E-state index is 11.2. The van der Waals surface area contributed by atoms with Crippen molar-refractivity contribution < 1.29 is 33.3 Å². The number of nitrogens with zero attached hydrogens (tertiary/aromatic N) is 5. The van der Waals surface area contributed by atoms with Gasteiger partial charge in [-0.05, 0) is 45.0 Å². The van der Waals surface area contributed by atoms with Gasteiger partial charge in [-0.2, -0.15) is 9.99 Å². The zero-order valence-corrected chi connectivity index (χ0v) is 21.0. The molecular weight excluding hydrogens is 494 g/mol. The first-order valence-electron chi connectivity index (χ1n) is 11.2. The lowest BCUT2D eigenvalue weighted by atomic mass is 10.2. The molecule has 0 bridgehead atoms. The van der Waals surface area contributed by atoms with Crippen molar-refractivity contribution in [2.45, 2.75) is 20.8 Å². The molecule has 0 saturated carbocycles. The second-order valence-corrected chi connectivity index (χ2v) is 6.64. The van der Waals surface area contributed by atoms with Gasteiger partial charge in [0, 0.05) is 12.3 Å². The number of ether oxygens (including phenoxy) is 3. The van der Waals surface area contributed by atoms with Gasteiger partial charge in [-0.15, -0.1) is 4.98 Å². The molecule has 3 aromatic heterocycles. The number of nitriles is 1. The summed E-state index contributed by atoms with van der Waals surface area (Å²) in [4.78, 5) is 43.9. The second-order valence-electron chi connectivity index (χ2n) is 6.64. The lowest BCUT2D eigenvalue weighted by Crippen LogP contribution is -2.26. The molecule has 0 aliphatic rings. The van der Waals surface area contributed by atoms with E-state index in [-0.39, 0.29) is 22.6 Å². The smallest absolute Gasteiger partial charge is 0.344 e. The lowest BCUT2D eigenvalue weighted by molar-refractivity contribution is -0.605. The highest BCUT2D eigenvalue weighted by Gasteiger charge is 2.12. The monoisotopic (exact) mass is 519 g/mol. The van der Waals surface area contributed by atoms with Crippen molar-refractivity contribution in [2.75, 3.05) is 19.8 Å².